The Balaban J connectivity index is 1.86. The lowest BCUT2D eigenvalue weighted by molar-refractivity contribution is -0.121. The molecule has 1 aliphatic carbocycles. The topological polar surface area (TPSA) is 55.1 Å². The van der Waals surface area contributed by atoms with E-state index in [1.165, 1.54) is 19.3 Å². The van der Waals surface area contributed by atoms with Crippen molar-refractivity contribution in [3.05, 3.63) is 35.9 Å². The molecule has 3 nitrogen and oxygen atoms in total. The summed E-state index contributed by atoms with van der Waals surface area (Å²) in [6.07, 6.45) is 6.08. The lowest BCUT2D eigenvalue weighted by Gasteiger charge is -2.22. The van der Waals surface area contributed by atoms with Gasteiger partial charge in [-0.1, -0.05) is 49.6 Å². The highest BCUT2D eigenvalue weighted by atomic mass is 16.1. The van der Waals surface area contributed by atoms with Crippen LogP contribution in [0.5, 0.6) is 0 Å². The molecule has 0 saturated heterocycles. The quantitative estimate of drug-likeness (QED) is 0.802. The lowest BCUT2D eigenvalue weighted by Crippen LogP contribution is -2.47. The highest BCUT2D eigenvalue weighted by Gasteiger charge is 2.21. The predicted octanol–water partition coefficient (Wildman–Crippen LogP) is 2.01. The fourth-order valence-electron chi connectivity index (χ4n) is 2.55. The molecule has 1 fully saturated rings. The van der Waals surface area contributed by atoms with Crippen LogP contribution >= 0.6 is 0 Å². The van der Waals surface area contributed by atoms with E-state index in [9.17, 15) is 4.79 Å². The molecule has 98 valence electrons. The molecule has 1 amide bonds. The first-order valence-electron chi connectivity index (χ1n) is 6.84. The van der Waals surface area contributed by atoms with E-state index in [0.717, 1.165) is 18.4 Å². The molecule has 0 aromatic heterocycles. The van der Waals surface area contributed by atoms with Crippen molar-refractivity contribution in [3.63, 3.8) is 0 Å². The third-order valence-corrected chi connectivity index (χ3v) is 3.62. The SMILES string of the molecule is NC1CCCCCC1NC(=O)Cc1ccccc1. The van der Waals surface area contributed by atoms with Gasteiger partial charge in [-0.15, -0.1) is 0 Å². The van der Waals surface area contributed by atoms with Gasteiger partial charge in [0.2, 0.25) is 5.91 Å². The van der Waals surface area contributed by atoms with Gasteiger partial charge in [-0.2, -0.15) is 0 Å². The van der Waals surface area contributed by atoms with E-state index in [1.807, 2.05) is 30.3 Å². The number of hydrogen-bond acceptors (Lipinski definition) is 2. The van der Waals surface area contributed by atoms with E-state index in [1.54, 1.807) is 0 Å². The van der Waals surface area contributed by atoms with Crippen LogP contribution in [0.1, 0.15) is 37.7 Å². The van der Waals surface area contributed by atoms with Crippen molar-refractivity contribution < 1.29 is 4.79 Å². The first kappa shape index (κ1) is 13.1. The molecule has 1 saturated carbocycles. The third kappa shape index (κ3) is 3.84. The first-order valence-corrected chi connectivity index (χ1v) is 6.84. The zero-order valence-electron chi connectivity index (χ0n) is 10.8. The van der Waals surface area contributed by atoms with Crippen LogP contribution in [0.3, 0.4) is 0 Å². The standard InChI is InChI=1S/C15H22N2O/c16-13-9-5-2-6-10-14(13)17-15(18)11-12-7-3-1-4-8-12/h1,3-4,7-8,13-14H,2,5-6,9-11,16H2,(H,17,18). The van der Waals surface area contributed by atoms with E-state index >= 15 is 0 Å². The summed E-state index contributed by atoms with van der Waals surface area (Å²) in [5.41, 5.74) is 7.16. The molecule has 2 rings (SSSR count). The number of hydrogen-bond donors (Lipinski definition) is 2. The molecule has 18 heavy (non-hydrogen) atoms. The number of nitrogens with one attached hydrogen (secondary N) is 1. The number of amides is 1. The summed E-state index contributed by atoms with van der Waals surface area (Å²) in [4.78, 5) is 12.0. The van der Waals surface area contributed by atoms with Crippen LogP contribution in [-0.2, 0) is 11.2 Å². The van der Waals surface area contributed by atoms with Gasteiger partial charge in [0, 0.05) is 12.1 Å². The summed E-state index contributed by atoms with van der Waals surface area (Å²) < 4.78 is 0. The molecule has 1 aliphatic rings. The summed E-state index contributed by atoms with van der Waals surface area (Å²) in [5, 5.41) is 3.09. The number of benzene rings is 1. The molecular formula is C15H22N2O. The Morgan fingerprint density at radius 3 is 2.67 bits per heavy atom. The zero-order chi connectivity index (χ0) is 12.8. The molecule has 0 spiro atoms. The van der Waals surface area contributed by atoms with Crippen molar-refractivity contribution in [2.24, 2.45) is 5.73 Å². The van der Waals surface area contributed by atoms with Crippen LogP contribution in [0.25, 0.3) is 0 Å². The van der Waals surface area contributed by atoms with Gasteiger partial charge in [0.1, 0.15) is 0 Å². The van der Waals surface area contributed by atoms with E-state index in [2.05, 4.69) is 5.32 Å². The maximum Gasteiger partial charge on any atom is 0.224 e. The fraction of sp³-hybridized carbons (Fsp3) is 0.533. The van der Waals surface area contributed by atoms with Crippen LogP contribution < -0.4 is 11.1 Å². The monoisotopic (exact) mass is 246 g/mol. The molecule has 0 aliphatic heterocycles. The molecule has 0 heterocycles. The van der Waals surface area contributed by atoms with Crippen LogP contribution in [0, 0.1) is 0 Å². The molecular weight excluding hydrogens is 224 g/mol. The Kier molecular flexibility index (Phi) is 4.76. The number of rotatable bonds is 3. The highest BCUT2D eigenvalue weighted by molar-refractivity contribution is 5.78. The minimum absolute atomic E-state index is 0.0866. The smallest absolute Gasteiger partial charge is 0.224 e. The first-order chi connectivity index (χ1) is 8.75. The van der Waals surface area contributed by atoms with Gasteiger partial charge in [-0.05, 0) is 18.4 Å². The minimum atomic E-state index is 0.0866. The molecule has 0 bridgehead atoms. The fourth-order valence-corrected chi connectivity index (χ4v) is 2.55. The Bertz CT molecular complexity index is 377. The summed E-state index contributed by atoms with van der Waals surface area (Å²) in [6.45, 7) is 0. The van der Waals surface area contributed by atoms with Gasteiger partial charge in [0.25, 0.3) is 0 Å². The van der Waals surface area contributed by atoms with Crippen LogP contribution in [-0.4, -0.2) is 18.0 Å². The third-order valence-electron chi connectivity index (χ3n) is 3.62. The largest absolute Gasteiger partial charge is 0.352 e. The molecule has 2 atom stereocenters. The van der Waals surface area contributed by atoms with Gasteiger partial charge in [0.05, 0.1) is 6.42 Å². The lowest BCUT2D eigenvalue weighted by atomic mass is 10.0. The van der Waals surface area contributed by atoms with Gasteiger partial charge in [0.15, 0.2) is 0 Å². The average Bonchev–Trinajstić information content (AvgIpc) is 2.56. The number of carbonyl (C=O) groups excluding carboxylic acids is 1. The van der Waals surface area contributed by atoms with E-state index < -0.39 is 0 Å². The van der Waals surface area contributed by atoms with Crippen molar-refractivity contribution in [1.82, 2.24) is 5.32 Å². The van der Waals surface area contributed by atoms with Crippen molar-refractivity contribution >= 4 is 5.91 Å². The summed E-state index contributed by atoms with van der Waals surface area (Å²) in [6, 6.07) is 10.1. The zero-order valence-corrected chi connectivity index (χ0v) is 10.8. The van der Waals surface area contributed by atoms with E-state index in [0.29, 0.717) is 6.42 Å². The normalized spacial score (nSPS) is 24.3. The summed E-state index contributed by atoms with van der Waals surface area (Å²) >= 11 is 0. The van der Waals surface area contributed by atoms with Crippen molar-refractivity contribution in [2.45, 2.75) is 50.6 Å². The van der Waals surface area contributed by atoms with Crippen molar-refractivity contribution in [2.75, 3.05) is 0 Å². The van der Waals surface area contributed by atoms with Crippen LogP contribution in [0.2, 0.25) is 0 Å². The summed E-state index contributed by atoms with van der Waals surface area (Å²) in [5.74, 6) is 0.0866. The van der Waals surface area contributed by atoms with Gasteiger partial charge in [-0.3, -0.25) is 4.79 Å². The van der Waals surface area contributed by atoms with Crippen molar-refractivity contribution in [3.8, 4) is 0 Å². The number of carbonyl (C=O) groups is 1. The predicted molar refractivity (Wildman–Crippen MR) is 73.1 cm³/mol. The molecule has 3 N–H and O–H groups in total. The second-order valence-corrected chi connectivity index (χ2v) is 5.14. The maximum atomic E-state index is 12.0. The summed E-state index contributed by atoms with van der Waals surface area (Å²) in [7, 11) is 0. The van der Waals surface area contributed by atoms with Gasteiger partial charge >= 0.3 is 0 Å². The Morgan fingerprint density at radius 2 is 1.89 bits per heavy atom. The highest BCUT2D eigenvalue weighted by Crippen LogP contribution is 2.16. The Morgan fingerprint density at radius 1 is 1.17 bits per heavy atom. The molecule has 1 aromatic carbocycles. The molecule has 3 heteroatoms. The Labute approximate surface area is 109 Å². The van der Waals surface area contributed by atoms with E-state index in [4.69, 9.17) is 5.73 Å². The minimum Gasteiger partial charge on any atom is -0.352 e. The van der Waals surface area contributed by atoms with E-state index in [-0.39, 0.29) is 18.0 Å². The second kappa shape index (κ2) is 6.55. The second-order valence-electron chi connectivity index (χ2n) is 5.14. The maximum absolute atomic E-state index is 12.0. The van der Waals surface area contributed by atoms with Crippen molar-refractivity contribution in [1.29, 1.82) is 0 Å². The van der Waals surface area contributed by atoms with Crippen LogP contribution in [0.15, 0.2) is 30.3 Å². The Hall–Kier alpha value is -1.35. The van der Waals surface area contributed by atoms with Crippen LogP contribution in [0.4, 0.5) is 0 Å². The number of nitrogens with two attached hydrogens (primary N) is 1. The molecule has 0 radical (unpaired) electrons. The van der Waals surface area contributed by atoms with Gasteiger partial charge in [-0.25, -0.2) is 0 Å². The molecule has 2 unspecified atom stereocenters. The van der Waals surface area contributed by atoms with Gasteiger partial charge < -0.3 is 11.1 Å². The molecule has 1 aromatic rings. The average molecular weight is 246 g/mol.